The molecule has 3 heterocycles. The van der Waals surface area contributed by atoms with Gasteiger partial charge in [0.2, 0.25) is 5.91 Å². The highest BCUT2D eigenvalue weighted by atomic mass is 16.5. The highest BCUT2D eigenvalue weighted by molar-refractivity contribution is 5.76. The maximum atomic E-state index is 12.4. The molecule has 2 aliphatic rings. The van der Waals surface area contributed by atoms with Crippen molar-refractivity contribution >= 4 is 5.91 Å². The van der Waals surface area contributed by atoms with Crippen molar-refractivity contribution in [2.24, 2.45) is 0 Å². The topological polar surface area (TPSA) is 80.2 Å². The van der Waals surface area contributed by atoms with Crippen LogP contribution in [0.2, 0.25) is 0 Å². The van der Waals surface area contributed by atoms with Gasteiger partial charge in [-0.1, -0.05) is 24.3 Å². The van der Waals surface area contributed by atoms with Crippen molar-refractivity contribution in [3.8, 4) is 0 Å². The predicted molar refractivity (Wildman–Crippen MR) is 77.0 cm³/mol. The average Bonchev–Trinajstić information content (AvgIpc) is 3.22. The number of likely N-dealkylation sites (tertiary alicyclic amines) is 1. The number of carbonyl (C=O) groups excluding carboxylic acids is 1. The van der Waals surface area contributed by atoms with E-state index in [0.717, 1.165) is 6.42 Å². The van der Waals surface area contributed by atoms with Gasteiger partial charge in [0.1, 0.15) is 18.5 Å². The largest absolute Gasteiger partial charge is 0.364 e. The van der Waals surface area contributed by atoms with Gasteiger partial charge in [-0.3, -0.25) is 9.36 Å². The molecule has 0 saturated carbocycles. The lowest BCUT2D eigenvalue weighted by Gasteiger charge is -2.24. The first-order chi connectivity index (χ1) is 10.7. The number of fused-ring (bicyclic) bond motifs is 2. The molecule has 1 spiro atoms. The summed E-state index contributed by atoms with van der Waals surface area (Å²) in [6.45, 7) is 1.78. The van der Waals surface area contributed by atoms with Crippen LogP contribution < -0.4 is 5.69 Å². The second-order valence-corrected chi connectivity index (χ2v) is 5.79. The zero-order chi connectivity index (χ0) is 15.2. The third kappa shape index (κ3) is 1.97. The molecule has 4 rings (SSSR count). The van der Waals surface area contributed by atoms with Crippen LogP contribution in [0.1, 0.15) is 17.5 Å². The number of nitrogens with zero attached hydrogens (tertiary/aromatic N) is 3. The monoisotopic (exact) mass is 300 g/mol. The quantitative estimate of drug-likeness (QED) is 0.861. The molecule has 1 N–H and O–H groups in total. The number of nitrogens with one attached hydrogen (secondary N) is 1. The molecule has 0 bridgehead atoms. The van der Waals surface area contributed by atoms with Gasteiger partial charge in [0.15, 0.2) is 0 Å². The highest BCUT2D eigenvalue weighted by Crippen LogP contribution is 2.43. The zero-order valence-electron chi connectivity index (χ0n) is 12.0. The molecule has 1 fully saturated rings. The number of ether oxygens (including phenoxy) is 1. The van der Waals surface area contributed by atoms with E-state index in [0.29, 0.717) is 19.7 Å². The van der Waals surface area contributed by atoms with Crippen LogP contribution in [-0.2, 0) is 28.3 Å². The number of rotatable bonds is 2. The first-order valence-electron chi connectivity index (χ1n) is 7.28. The molecule has 114 valence electrons. The lowest BCUT2D eigenvalue weighted by atomic mass is 9.92. The van der Waals surface area contributed by atoms with Gasteiger partial charge in [0.25, 0.3) is 0 Å². The Bertz CT molecular complexity index is 781. The van der Waals surface area contributed by atoms with E-state index in [1.54, 1.807) is 4.90 Å². The van der Waals surface area contributed by atoms with Crippen molar-refractivity contribution in [3.05, 3.63) is 52.2 Å². The minimum absolute atomic E-state index is 0.00700. The van der Waals surface area contributed by atoms with Crippen LogP contribution in [0.5, 0.6) is 0 Å². The maximum Gasteiger partial charge on any atom is 0.343 e. The summed E-state index contributed by atoms with van der Waals surface area (Å²) in [4.78, 5) is 25.6. The average molecular weight is 300 g/mol. The SMILES string of the molecule is O=C(Cn1cn[nH]c1=O)N1CCC2(C1)OCc1ccccc12. The summed E-state index contributed by atoms with van der Waals surface area (Å²) in [5.41, 5.74) is 1.63. The molecule has 7 nitrogen and oxygen atoms in total. The van der Waals surface area contributed by atoms with Gasteiger partial charge in [0, 0.05) is 6.54 Å². The molecule has 2 aromatic rings. The van der Waals surface area contributed by atoms with E-state index < -0.39 is 0 Å². The van der Waals surface area contributed by atoms with Crippen molar-refractivity contribution < 1.29 is 9.53 Å². The number of H-pyrrole nitrogens is 1. The van der Waals surface area contributed by atoms with Crippen LogP contribution in [0.25, 0.3) is 0 Å². The van der Waals surface area contributed by atoms with E-state index in [2.05, 4.69) is 22.3 Å². The second kappa shape index (κ2) is 4.81. The van der Waals surface area contributed by atoms with Crippen LogP contribution in [0, 0.1) is 0 Å². The normalized spacial score (nSPS) is 23.2. The van der Waals surface area contributed by atoms with Crippen LogP contribution >= 0.6 is 0 Å². The Hall–Kier alpha value is -2.41. The van der Waals surface area contributed by atoms with Gasteiger partial charge in [-0.15, -0.1) is 0 Å². The van der Waals surface area contributed by atoms with Gasteiger partial charge in [-0.2, -0.15) is 5.10 Å². The summed E-state index contributed by atoms with van der Waals surface area (Å²) >= 11 is 0. The molecule has 1 atom stereocenters. The molecule has 0 aliphatic carbocycles. The van der Waals surface area contributed by atoms with Crippen molar-refractivity contribution in [2.45, 2.75) is 25.2 Å². The van der Waals surface area contributed by atoms with Gasteiger partial charge >= 0.3 is 5.69 Å². The molecular weight excluding hydrogens is 284 g/mol. The maximum absolute atomic E-state index is 12.4. The fourth-order valence-corrected chi connectivity index (χ4v) is 3.35. The van der Waals surface area contributed by atoms with Crippen molar-refractivity contribution in [3.63, 3.8) is 0 Å². The van der Waals surface area contributed by atoms with Crippen LogP contribution in [-0.4, -0.2) is 38.7 Å². The minimum atomic E-state index is -0.381. The number of aromatic nitrogens is 3. The van der Waals surface area contributed by atoms with Crippen LogP contribution in [0.3, 0.4) is 0 Å². The van der Waals surface area contributed by atoms with E-state index in [4.69, 9.17) is 4.74 Å². The number of amides is 1. The fraction of sp³-hybridized carbons (Fsp3) is 0.400. The van der Waals surface area contributed by atoms with E-state index in [-0.39, 0.29) is 23.7 Å². The molecule has 1 saturated heterocycles. The Morgan fingerprint density at radius 2 is 2.27 bits per heavy atom. The number of hydrogen-bond donors (Lipinski definition) is 1. The summed E-state index contributed by atoms with van der Waals surface area (Å²) in [5, 5.41) is 5.92. The van der Waals surface area contributed by atoms with Gasteiger partial charge in [-0.25, -0.2) is 9.89 Å². The third-order valence-electron chi connectivity index (χ3n) is 4.52. The third-order valence-corrected chi connectivity index (χ3v) is 4.52. The molecule has 22 heavy (non-hydrogen) atoms. The molecule has 1 amide bonds. The Morgan fingerprint density at radius 3 is 3.09 bits per heavy atom. The van der Waals surface area contributed by atoms with E-state index in [1.165, 1.54) is 22.0 Å². The van der Waals surface area contributed by atoms with Gasteiger partial charge in [-0.05, 0) is 17.5 Å². The first kappa shape index (κ1) is 13.3. The second-order valence-electron chi connectivity index (χ2n) is 5.79. The summed E-state index contributed by atoms with van der Waals surface area (Å²) in [7, 11) is 0. The minimum Gasteiger partial charge on any atom is -0.364 e. The predicted octanol–water partition coefficient (Wildman–Crippen LogP) is 0.229. The van der Waals surface area contributed by atoms with Crippen molar-refractivity contribution in [2.75, 3.05) is 13.1 Å². The summed E-state index contributed by atoms with van der Waals surface area (Å²) in [6, 6.07) is 8.16. The summed E-state index contributed by atoms with van der Waals surface area (Å²) in [6.07, 6.45) is 2.13. The van der Waals surface area contributed by atoms with Crippen LogP contribution in [0.4, 0.5) is 0 Å². The Morgan fingerprint density at radius 1 is 1.41 bits per heavy atom. The molecule has 1 unspecified atom stereocenters. The van der Waals surface area contributed by atoms with Crippen molar-refractivity contribution in [1.82, 2.24) is 19.7 Å². The van der Waals surface area contributed by atoms with Gasteiger partial charge < -0.3 is 9.64 Å². The van der Waals surface area contributed by atoms with Gasteiger partial charge in [0.05, 0.1) is 13.2 Å². The van der Waals surface area contributed by atoms with Crippen molar-refractivity contribution in [1.29, 1.82) is 0 Å². The molecule has 7 heteroatoms. The molecule has 0 radical (unpaired) electrons. The first-order valence-corrected chi connectivity index (χ1v) is 7.28. The molecular formula is C15H16N4O3. The molecule has 1 aromatic heterocycles. The van der Waals surface area contributed by atoms with Crippen LogP contribution in [0.15, 0.2) is 35.4 Å². The number of carbonyl (C=O) groups is 1. The number of aromatic amines is 1. The van der Waals surface area contributed by atoms with E-state index in [1.807, 2.05) is 12.1 Å². The zero-order valence-corrected chi connectivity index (χ0v) is 12.0. The Balaban J connectivity index is 1.53. The van der Waals surface area contributed by atoms with E-state index in [9.17, 15) is 9.59 Å². The molecule has 1 aromatic carbocycles. The fourth-order valence-electron chi connectivity index (χ4n) is 3.35. The smallest absolute Gasteiger partial charge is 0.343 e. The Kier molecular flexibility index (Phi) is 2.90. The highest BCUT2D eigenvalue weighted by Gasteiger charge is 2.46. The molecule has 2 aliphatic heterocycles. The number of benzene rings is 1. The van der Waals surface area contributed by atoms with E-state index >= 15 is 0 Å². The summed E-state index contributed by atoms with van der Waals surface area (Å²) in [5.74, 6) is -0.0895. The number of hydrogen-bond acceptors (Lipinski definition) is 4. The summed E-state index contributed by atoms with van der Waals surface area (Å²) < 4.78 is 7.30. The standard InChI is InChI=1S/C15H16N4O3/c20-13(7-19-10-16-17-14(19)21)18-6-5-15(9-18)12-4-2-1-3-11(12)8-22-15/h1-4,10H,5-9H2,(H,17,21). The Labute approximate surface area is 126 Å². The lowest BCUT2D eigenvalue weighted by Crippen LogP contribution is -2.37. The lowest BCUT2D eigenvalue weighted by molar-refractivity contribution is -0.132.